The summed E-state index contributed by atoms with van der Waals surface area (Å²) in [5.74, 6) is -0.939. The summed E-state index contributed by atoms with van der Waals surface area (Å²) in [7, 11) is -3.63. The van der Waals surface area contributed by atoms with Gasteiger partial charge in [0.25, 0.3) is 0 Å². The van der Waals surface area contributed by atoms with Gasteiger partial charge in [-0.3, -0.25) is 4.79 Å². The van der Waals surface area contributed by atoms with E-state index in [1.807, 2.05) is 0 Å². The fraction of sp³-hybridized carbons (Fsp3) is 0.462. The standard InChI is InChI=1S/C13H18ClNO4S/c1-9(3-6-13(16)17)8-15-20(18,19)12-7-11(14)5-4-10(12)2/h4-5,7,9,15H,3,6,8H2,1-2H3,(H,16,17). The third-order valence-corrected chi connectivity index (χ3v) is 4.71. The third-order valence-electron chi connectivity index (χ3n) is 2.91. The van der Waals surface area contributed by atoms with E-state index in [-0.39, 0.29) is 23.8 Å². The molecule has 112 valence electrons. The number of sulfonamides is 1. The van der Waals surface area contributed by atoms with E-state index in [1.54, 1.807) is 26.0 Å². The Labute approximate surface area is 124 Å². The lowest BCUT2D eigenvalue weighted by atomic mass is 10.1. The Hall–Kier alpha value is -1.11. The van der Waals surface area contributed by atoms with Crippen LogP contribution >= 0.6 is 11.6 Å². The zero-order chi connectivity index (χ0) is 15.3. The summed E-state index contributed by atoms with van der Waals surface area (Å²) in [5.41, 5.74) is 0.611. The van der Waals surface area contributed by atoms with Crippen LogP contribution < -0.4 is 4.72 Å². The number of nitrogens with one attached hydrogen (secondary N) is 1. The highest BCUT2D eigenvalue weighted by molar-refractivity contribution is 7.89. The lowest BCUT2D eigenvalue weighted by Crippen LogP contribution is -2.29. The first kappa shape index (κ1) is 16.9. The van der Waals surface area contributed by atoms with E-state index < -0.39 is 16.0 Å². The fourth-order valence-corrected chi connectivity index (χ4v) is 3.34. The number of carbonyl (C=O) groups is 1. The molecule has 1 aromatic rings. The smallest absolute Gasteiger partial charge is 0.303 e. The summed E-state index contributed by atoms with van der Waals surface area (Å²) in [6.45, 7) is 3.69. The number of hydrogen-bond acceptors (Lipinski definition) is 3. The van der Waals surface area contributed by atoms with E-state index in [1.165, 1.54) is 6.07 Å². The van der Waals surface area contributed by atoms with Crippen molar-refractivity contribution < 1.29 is 18.3 Å². The minimum atomic E-state index is -3.63. The van der Waals surface area contributed by atoms with Crippen molar-refractivity contribution in [1.82, 2.24) is 4.72 Å². The minimum Gasteiger partial charge on any atom is -0.481 e. The molecule has 0 saturated carbocycles. The Kier molecular flexibility index (Phi) is 5.98. The molecule has 0 amide bonds. The summed E-state index contributed by atoms with van der Waals surface area (Å²) in [6.07, 6.45) is 0.450. The highest BCUT2D eigenvalue weighted by Crippen LogP contribution is 2.20. The summed E-state index contributed by atoms with van der Waals surface area (Å²) in [5, 5.41) is 8.94. The van der Waals surface area contributed by atoms with Crippen molar-refractivity contribution in [2.45, 2.75) is 31.6 Å². The van der Waals surface area contributed by atoms with Gasteiger partial charge >= 0.3 is 5.97 Å². The maximum Gasteiger partial charge on any atom is 0.303 e. The van der Waals surface area contributed by atoms with Crippen molar-refractivity contribution in [3.63, 3.8) is 0 Å². The van der Waals surface area contributed by atoms with Gasteiger partial charge in [-0.25, -0.2) is 13.1 Å². The molecule has 5 nitrogen and oxygen atoms in total. The Morgan fingerprint density at radius 1 is 1.45 bits per heavy atom. The molecule has 0 saturated heterocycles. The van der Waals surface area contributed by atoms with Gasteiger partial charge in [0, 0.05) is 18.0 Å². The first-order valence-corrected chi connectivity index (χ1v) is 8.06. The molecule has 7 heteroatoms. The minimum absolute atomic E-state index is 0.0269. The Morgan fingerprint density at radius 3 is 2.70 bits per heavy atom. The average molecular weight is 320 g/mol. The second kappa shape index (κ2) is 7.06. The van der Waals surface area contributed by atoms with Crippen molar-refractivity contribution in [3.05, 3.63) is 28.8 Å². The van der Waals surface area contributed by atoms with E-state index >= 15 is 0 Å². The molecule has 0 heterocycles. The van der Waals surface area contributed by atoms with Gasteiger partial charge in [0.1, 0.15) is 0 Å². The number of aliphatic carboxylic acids is 1. The lowest BCUT2D eigenvalue weighted by molar-refractivity contribution is -0.137. The van der Waals surface area contributed by atoms with E-state index in [2.05, 4.69) is 4.72 Å². The maximum atomic E-state index is 12.2. The summed E-state index contributed by atoms with van der Waals surface area (Å²) >= 11 is 5.81. The molecule has 0 aromatic heterocycles. The maximum absolute atomic E-state index is 12.2. The molecule has 1 atom stereocenters. The SMILES string of the molecule is Cc1ccc(Cl)cc1S(=O)(=O)NCC(C)CCC(=O)O. The molecular formula is C13H18ClNO4S. The first-order chi connectivity index (χ1) is 9.22. The van der Waals surface area contributed by atoms with Crippen molar-refractivity contribution in [2.75, 3.05) is 6.54 Å². The number of aryl methyl sites for hydroxylation is 1. The average Bonchev–Trinajstić information content (AvgIpc) is 2.36. The lowest BCUT2D eigenvalue weighted by Gasteiger charge is -2.13. The van der Waals surface area contributed by atoms with Crippen LogP contribution in [0.5, 0.6) is 0 Å². The van der Waals surface area contributed by atoms with Gasteiger partial charge in [-0.15, -0.1) is 0 Å². The van der Waals surface area contributed by atoms with Crippen molar-refractivity contribution in [2.24, 2.45) is 5.92 Å². The largest absolute Gasteiger partial charge is 0.481 e. The van der Waals surface area contributed by atoms with Gasteiger partial charge < -0.3 is 5.11 Å². The third kappa shape index (κ3) is 5.11. The van der Waals surface area contributed by atoms with E-state index in [9.17, 15) is 13.2 Å². The van der Waals surface area contributed by atoms with Crippen LogP contribution in [-0.4, -0.2) is 26.0 Å². The molecule has 0 radical (unpaired) electrons. The molecule has 1 aromatic carbocycles. The number of hydrogen-bond donors (Lipinski definition) is 2. The van der Waals surface area contributed by atoms with E-state index in [0.717, 1.165) is 0 Å². The number of carboxylic acid groups (broad SMARTS) is 1. The van der Waals surface area contributed by atoms with Crippen LogP contribution in [0.3, 0.4) is 0 Å². The molecule has 0 aliphatic carbocycles. The molecule has 0 aliphatic rings. The van der Waals surface area contributed by atoms with Gasteiger partial charge in [-0.05, 0) is 37.0 Å². The van der Waals surface area contributed by atoms with Crippen molar-refractivity contribution in [3.8, 4) is 0 Å². The van der Waals surface area contributed by atoms with Crippen LogP contribution in [0, 0.1) is 12.8 Å². The molecule has 20 heavy (non-hydrogen) atoms. The molecule has 0 fully saturated rings. The predicted molar refractivity (Wildman–Crippen MR) is 77.4 cm³/mol. The van der Waals surface area contributed by atoms with E-state index in [4.69, 9.17) is 16.7 Å². The van der Waals surface area contributed by atoms with E-state index in [0.29, 0.717) is 17.0 Å². The molecule has 0 bridgehead atoms. The van der Waals surface area contributed by atoms with Gasteiger partial charge in [-0.2, -0.15) is 0 Å². The molecular weight excluding hydrogens is 302 g/mol. The van der Waals surface area contributed by atoms with Gasteiger partial charge in [-0.1, -0.05) is 24.6 Å². The van der Waals surface area contributed by atoms with Gasteiger partial charge in [0.05, 0.1) is 4.90 Å². The van der Waals surface area contributed by atoms with Gasteiger partial charge in [0.2, 0.25) is 10.0 Å². The summed E-state index contributed by atoms with van der Waals surface area (Å²) in [4.78, 5) is 10.6. The molecule has 1 rings (SSSR count). The number of carboxylic acids is 1. The van der Waals surface area contributed by atoms with Crippen LogP contribution in [0.25, 0.3) is 0 Å². The molecule has 0 aliphatic heterocycles. The quantitative estimate of drug-likeness (QED) is 0.808. The van der Waals surface area contributed by atoms with Crippen LogP contribution in [0.2, 0.25) is 5.02 Å². The Bertz CT molecular complexity index is 586. The fourth-order valence-electron chi connectivity index (χ4n) is 1.67. The number of halogens is 1. The van der Waals surface area contributed by atoms with Gasteiger partial charge in [0.15, 0.2) is 0 Å². The number of benzene rings is 1. The predicted octanol–water partition coefficient (Wildman–Crippen LogP) is 2.43. The molecule has 1 unspecified atom stereocenters. The van der Waals surface area contributed by atoms with Crippen LogP contribution in [0.4, 0.5) is 0 Å². The molecule has 0 spiro atoms. The van der Waals surface area contributed by atoms with Crippen LogP contribution in [0.15, 0.2) is 23.1 Å². The van der Waals surface area contributed by atoms with Crippen molar-refractivity contribution in [1.29, 1.82) is 0 Å². The topological polar surface area (TPSA) is 83.5 Å². The summed E-state index contributed by atoms with van der Waals surface area (Å²) < 4.78 is 26.8. The van der Waals surface area contributed by atoms with Crippen LogP contribution in [0.1, 0.15) is 25.3 Å². The zero-order valence-corrected chi connectivity index (χ0v) is 13.0. The second-order valence-electron chi connectivity index (χ2n) is 4.80. The number of rotatable bonds is 7. The highest BCUT2D eigenvalue weighted by atomic mass is 35.5. The Morgan fingerprint density at radius 2 is 2.10 bits per heavy atom. The monoisotopic (exact) mass is 319 g/mol. The van der Waals surface area contributed by atoms with Crippen molar-refractivity contribution >= 4 is 27.6 Å². The Balaban J connectivity index is 2.70. The van der Waals surface area contributed by atoms with Crippen LogP contribution in [-0.2, 0) is 14.8 Å². The zero-order valence-electron chi connectivity index (χ0n) is 11.4. The summed E-state index contributed by atoms with van der Waals surface area (Å²) in [6, 6.07) is 4.68. The first-order valence-electron chi connectivity index (χ1n) is 6.20. The highest BCUT2D eigenvalue weighted by Gasteiger charge is 2.18. The molecule has 2 N–H and O–H groups in total. The normalized spacial score (nSPS) is 13.2. The second-order valence-corrected chi connectivity index (χ2v) is 6.97.